The van der Waals surface area contributed by atoms with E-state index in [1.807, 2.05) is 13.8 Å². The van der Waals surface area contributed by atoms with Crippen LogP contribution in [0.1, 0.15) is 27.0 Å². The van der Waals surface area contributed by atoms with Crippen LogP contribution in [0.25, 0.3) is 0 Å². The van der Waals surface area contributed by atoms with Crippen molar-refractivity contribution in [1.29, 1.82) is 0 Å². The summed E-state index contributed by atoms with van der Waals surface area (Å²) in [5, 5.41) is 1.16. The molecule has 2 nitrogen and oxygen atoms in total. The molecule has 4 heteroatoms. The van der Waals surface area contributed by atoms with Crippen molar-refractivity contribution in [2.45, 2.75) is 13.8 Å². The molecular formula is C15H13Cl2NO. The zero-order valence-electron chi connectivity index (χ0n) is 10.6. The van der Waals surface area contributed by atoms with Crippen LogP contribution in [0.4, 0.5) is 5.69 Å². The first-order chi connectivity index (χ1) is 8.90. The number of hydrogen-bond acceptors (Lipinski definition) is 2. The third-order valence-corrected chi connectivity index (χ3v) is 3.65. The van der Waals surface area contributed by atoms with Crippen molar-refractivity contribution in [3.63, 3.8) is 0 Å². The van der Waals surface area contributed by atoms with Gasteiger partial charge in [-0.25, -0.2) is 0 Å². The molecule has 98 valence electrons. The molecule has 0 aromatic heterocycles. The molecule has 0 bridgehead atoms. The van der Waals surface area contributed by atoms with Crippen molar-refractivity contribution in [2.24, 2.45) is 0 Å². The topological polar surface area (TPSA) is 43.1 Å². The lowest BCUT2D eigenvalue weighted by atomic mass is 9.96. The fourth-order valence-electron chi connectivity index (χ4n) is 1.91. The zero-order chi connectivity index (χ0) is 14.2. The highest BCUT2D eigenvalue weighted by Gasteiger charge is 2.16. The van der Waals surface area contributed by atoms with E-state index in [1.165, 1.54) is 0 Å². The molecular weight excluding hydrogens is 281 g/mol. The highest BCUT2D eigenvalue weighted by molar-refractivity contribution is 6.32. The van der Waals surface area contributed by atoms with Gasteiger partial charge in [-0.3, -0.25) is 4.79 Å². The molecule has 0 aliphatic heterocycles. The predicted molar refractivity (Wildman–Crippen MR) is 80.2 cm³/mol. The Labute approximate surface area is 122 Å². The van der Waals surface area contributed by atoms with E-state index in [2.05, 4.69) is 0 Å². The summed E-state index contributed by atoms with van der Waals surface area (Å²) in [5.74, 6) is -0.119. The Morgan fingerprint density at radius 3 is 2.32 bits per heavy atom. The van der Waals surface area contributed by atoms with E-state index in [0.29, 0.717) is 26.9 Å². The molecule has 0 spiro atoms. The Kier molecular flexibility index (Phi) is 3.83. The second-order valence-electron chi connectivity index (χ2n) is 4.48. The largest absolute Gasteiger partial charge is 0.398 e. The number of hydrogen-bond donors (Lipinski definition) is 1. The summed E-state index contributed by atoms with van der Waals surface area (Å²) in [6, 6.07) is 8.45. The first kappa shape index (κ1) is 13.9. The lowest BCUT2D eigenvalue weighted by Gasteiger charge is -2.10. The maximum Gasteiger partial charge on any atom is 0.195 e. The number of halogens is 2. The lowest BCUT2D eigenvalue weighted by Crippen LogP contribution is -2.07. The molecule has 2 aromatic carbocycles. The molecule has 0 amide bonds. The van der Waals surface area contributed by atoms with Crippen LogP contribution in [0, 0.1) is 13.8 Å². The van der Waals surface area contributed by atoms with Gasteiger partial charge < -0.3 is 5.73 Å². The molecule has 0 radical (unpaired) electrons. The van der Waals surface area contributed by atoms with E-state index in [-0.39, 0.29) is 5.78 Å². The molecule has 0 aliphatic rings. The Hall–Kier alpha value is -1.51. The van der Waals surface area contributed by atoms with Crippen LogP contribution in [0.5, 0.6) is 0 Å². The van der Waals surface area contributed by atoms with E-state index in [0.717, 1.165) is 11.1 Å². The minimum absolute atomic E-state index is 0.119. The van der Waals surface area contributed by atoms with Crippen LogP contribution < -0.4 is 5.73 Å². The lowest BCUT2D eigenvalue weighted by molar-refractivity contribution is 0.103. The summed E-state index contributed by atoms with van der Waals surface area (Å²) in [7, 11) is 0. The van der Waals surface area contributed by atoms with Gasteiger partial charge in [-0.05, 0) is 55.3 Å². The third kappa shape index (κ3) is 2.75. The fourth-order valence-corrected chi connectivity index (χ4v) is 2.31. The number of benzene rings is 2. The number of nitrogen functional groups attached to an aromatic ring is 1. The van der Waals surface area contributed by atoms with E-state index in [9.17, 15) is 4.79 Å². The minimum Gasteiger partial charge on any atom is -0.398 e. The first-order valence-electron chi connectivity index (χ1n) is 5.76. The summed E-state index contributed by atoms with van der Waals surface area (Å²) in [5.41, 5.74) is 8.98. The van der Waals surface area contributed by atoms with Gasteiger partial charge in [0.15, 0.2) is 5.78 Å². The molecule has 0 saturated heterocycles. The fraction of sp³-hybridized carbons (Fsp3) is 0.133. The second-order valence-corrected chi connectivity index (χ2v) is 5.32. The van der Waals surface area contributed by atoms with Crippen molar-refractivity contribution >= 4 is 34.7 Å². The van der Waals surface area contributed by atoms with Gasteiger partial charge in [-0.2, -0.15) is 0 Å². The summed E-state index contributed by atoms with van der Waals surface area (Å²) >= 11 is 11.9. The number of rotatable bonds is 2. The second kappa shape index (κ2) is 5.24. The van der Waals surface area contributed by atoms with E-state index in [1.54, 1.807) is 30.3 Å². The van der Waals surface area contributed by atoms with E-state index in [4.69, 9.17) is 28.9 Å². The summed E-state index contributed by atoms with van der Waals surface area (Å²) in [6.07, 6.45) is 0. The number of nitrogens with two attached hydrogens (primary N) is 1. The first-order valence-corrected chi connectivity index (χ1v) is 6.52. The third-order valence-electron chi connectivity index (χ3n) is 3.01. The van der Waals surface area contributed by atoms with E-state index >= 15 is 0 Å². The highest BCUT2D eigenvalue weighted by Crippen LogP contribution is 2.25. The molecule has 0 unspecified atom stereocenters. The molecule has 0 aliphatic carbocycles. The van der Waals surface area contributed by atoms with E-state index < -0.39 is 0 Å². The molecule has 0 atom stereocenters. The average Bonchev–Trinajstić information content (AvgIpc) is 2.33. The number of anilines is 1. The van der Waals surface area contributed by atoms with Gasteiger partial charge >= 0.3 is 0 Å². The van der Waals surface area contributed by atoms with Crippen LogP contribution in [0.3, 0.4) is 0 Å². The molecule has 2 aromatic rings. The normalized spacial score (nSPS) is 10.5. The van der Waals surface area contributed by atoms with Crippen molar-refractivity contribution < 1.29 is 4.79 Å². The Morgan fingerprint density at radius 1 is 1.00 bits per heavy atom. The van der Waals surface area contributed by atoms with Gasteiger partial charge in [-0.1, -0.05) is 23.2 Å². The minimum atomic E-state index is -0.119. The number of carbonyl (C=O) groups excluding carboxylic acids is 1. The maximum atomic E-state index is 12.5. The van der Waals surface area contributed by atoms with Crippen LogP contribution in [-0.2, 0) is 0 Å². The molecule has 2 rings (SSSR count). The maximum absolute atomic E-state index is 12.5. The van der Waals surface area contributed by atoms with Crippen LogP contribution in [0.2, 0.25) is 10.0 Å². The molecule has 0 fully saturated rings. The van der Waals surface area contributed by atoms with Gasteiger partial charge in [0.05, 0.1) is 0 Å². The smallest absolute Gasteiger partial charge is 0.195 e. The van der Waals surface area contributed by atoms with Gasteiger partial charge in [0.1, 0.15) is 0 Å². The predicted octanol–water partition coefficient (Wildman–Crippen LogP) is 4.42. The van der Waals surface area contributed by atoms with Gasteiger partial charge in [-0.15, -0.1) is 0 Å². The van der Waals surface area contributed by atoms with Crippen molar-refractivity contribution in [3.05, 3.63) is 62.6 Å². The highest BCUT2D eigenvalue weighted by atomic mass is 35.5. The molecule has 0 saturated carbocycles. The summed E-state index contributed by atoms with van der Waals surface area (Å²) in [6.45, 7) is 3.72. The SMILES string of the molecule is Cc1cc(C(=O)c2ccc(Cl)cc2N)c(C)cc1Cl. The van der Waals surface area contributed by atoms with Crippen molar-refractivity contribution in [1.82, 2.24) is 0 Å². The molecule has 0 heterocycles. The molecule has 19 heavy (non-hydrogen) atoms. The Balaban J connectivity index is 2.53. The quantitative estimate of drug-likeness (QED) is 0.658. The monoisotopic (exact) mass is 293 g/mol. The van der Waals surface area contributed by atoms with Crippen molar-refractivity contribution in [3.8, 4) is 0 Å². The average molecular weight is 294 g/mol. The molecule has 2 N–H and O–H groups in total. The zero-order valence-corrected chi connectivity index (χ0v) is 12.1. The van der Waals surface area contributed by atoms with Crippen molar-refractivity contribution in [2.75, 3.05) is 5.73 Å². The number of aryl methyl sites for hydroxylation is 2. The van der Waals surface area contributed by atoms with Crippen LogP contribution in [-0.4, -0.2) is 5.78 Å². The van der Waals surface area contributed by atoms with Gasteiger partial charge in [0.2, 0.25) is 0 Å². The summed E-state index contributed by atoms with van der Waals surface area (Å²) < 4.78 is 0. The van der Waals surface area contributed by atoms with Crippen LogP contribution >= 0.6 is 23.2 Å². The Bertz CT molecular complexity index is 665. The van der Waals surface area contributed by atoms with Crippen LogP contribution in [0.15, 0.2) is 30.3 Å². The van der Waals surface area contributed by atoms with Gasteiger partial charge in [0.25, 0.3) is 0 Å². The standard InChI is InChI=1S/C15H13Cl2NO/c1-8-6-13(17)9(2)5-12(8)15(19)11-4-3-10(16)7-14(11)18/h3-7H,18H2,1-2H3. The summed E-state index contributed by atoms with van der Waals surface area (Å²) in [4.78, 5) is 12.5. The number of ketones is 1. The number of carbonyl (C=O) groups is 1. The van der Waals surface area contributed by atoms with Gasteiger partial charge in [0, 0.05) is 26.9 Å². The Morgan fingerprint density at radius 2 is 1.68 bits per heavy atom.